The van der Waals surface area contributed by atoms with Crippen molar-refractivity contribution in [2.45, 2.75) is 120 Å². The first-order valence-corrected chi connectivity index (χ1v) is 18.3. The molecule has 0 bridgehead atoms. The lowest BCUT2D eigenvalue weighted by atomic mass is 9.75. The summed E-state index contributed by atoms with van der Waals surface area (Å²) in [5.74, 6) is -15.8. The molecule has 2 saturated heterocycles. The van der Waals surface area contributed by atoms with Crippen LogP contribution in [-0.4, -0.2) is 153 Å². The second-order valence-electron chi connectivity index (χ2n) is 14.1. The summed E-state index contributed by atoms with van der Waals surface area (Å²) in [6.45, 7) is 0.990. The SMILES string of the molecule is CC1C(F)C(Cl)C(F)C(N2C(=O)C3C(F)C(F)C(OC4C(Cl)C(Cl)C(OC5C(F)C(F)C6C(=O)N(C)C(=O)C6C5F)C(Cl)C4Cl)C(F)C3C2=O)C1F. The predicted molar refractivity (Wildman–Crippen MR) is 166 cm³/mol. The van der Waals surface area contributed by atoms with E-state index in [9.17, 15) is 23.6 Å². The Morgan fingerprint density at radius 3 is 1.19 bits per heavy atom. The number of rotatable bonds is 5. The lowest BCUT2D eigenvalue weighted by Crippen LogP contribution is -2.64. The Hall–Kier alpha value is -0.980. The fraction of sp³-hybridized carbons (Fsp3) is 0.867. The topological polar surface area (TPSA) is 93.2 Å². The highest BCUT2D eigenvalue weighted by atomic mass is 35.5. The average Bonchev–Trinajstić information content (AvgIpc) is 3.50. The van der Waals surface area contributed by atoms with Gasteiger partial charge in [0, 0.05) is 13.0 Å². The van der Waals surface area contributed by atoms with E-state index in [1.54, 1.807) is 0 Å². The van der Waals surface area contributed by atoms with Crippen molar-refractivity contribution in [3.8, 4) is 0 Å². The van der Waals surface area contributed by atoms with Crippen molar-refractivity contribution in [2.24, 2.45) is 29.6 Å². The zero-order valence-electron chi connectivity index (χ0n) is 26.5. The molecule has 0 spiro atoms. The molecule has 52 heavy (non-hydrogen) atoms. The zero-order chi connectivity index (χ0) is 38.7. The fourth-order valence-electron chi connectivity index (χ4n) is 8.39. The maximum Gasteiger partial charge on any atom is 0.236 e. The molecule has 294 valence electrons. The molecule has 0 N–H and O–H groups in total. The molecule has 22 atom stereocenters. The minimum Gasteiger partial charge on any atom is -0.366 e. The van der Waals surface area contributed by atoms with Crippen LogP contribution in [0.3, 0.4) is 0 Å². The largest absolute Gasteiger partial charge is 0.366 e. The summed E-state index contributed by atoms with van der Waals surface area (Å²) < 4.78 is 149. The monoisotopic (exact) mass is 860 g/mol. The Kier molecular flexibility index (Phi) is 11.3. The highest BCUT2D eigenvalue weighted by Gasteiger charge is 2.69. The molecule has 4 amide bonds. The number of imide groups is 2. The molecule has 0 aromatic heterocycles. The van der Waals surface area contributed by atoms with Crippen LogP contribution in [0.25, 0.3) is 0 Å². The van der Waals surface area contributed by atoms with Gasteiger partial charge in [0.15, 0.2) is 12.3 Å². The molecule has 22 heteroatoms. The van der Waals surface area contributed by atoms with Crippen molar-refractivity contribution in [2.75, 3.05) is 7.05 Å². The highest BCUT2D eigenvalue weighted by molar-refractivity contribution is 6.35. The third-order valence-electron chi connectivity index (χ3n) is 11.3. The summed E-state index contributed by atoms with van der Waals surface area (Å²) >= 11 is 31.4. The summed E-state index contributed by atoms with van der Waals surface area (Å²) in [6.07, 6.45) is -32.9. The summed E-state index contributed by atoms with van der Waals surface area (Å²) in [7, 11) is 0.970. The number of ether oxygens (including phenoxy) is 2. The van der Waals surface area contributed by atoms with E-state index >= 15 is 35.1 Å². The van der Waals surface area contributed by atoms with E-state index in [1.165, 1.54) is 0 Å². The van der Waals surface area contributed by atoms with Crippen LogP contribution in [-0.2, 0) is 28.7 Å². The molecular formula is C30H30Cl5F9N2O6. The van der Waals surface area contributed by atoms with E-state index in [2.05, 4.69) is 0 Å². The maximum atomic E-state index is 16.2. The van der Waals surface area contributed by atoms with Crippen LogP contribution in [0.2, 0.25) is 0 Å². The Balaban J connectivity index is 1.20. The van der Waals surface area contributed by atoms with E-state index in [4.69, 9.17) is 67.5 Å². The van der Waals surface area contributed by atoms with Gasteiger partial charge in [0.25, 0.3) is 0 Å². The Morgan fingerprint density at radius 1 is 0.442 bits per heavy atom. The Labute approximate surface area is 315 Å². The number of amides is 4. The highest BCUT2D eigenvalue weighted by Crippen LogP contribution is 2.50. The smallest absolute Gasteiger partial charge is 0.236 e. The molecule has 0 aromatic carbocycles. The van der Waals surface area contributed by atoms with Gasteiger partial charge in [-0.1, -0.05) is 6.92 Å². The third-order valence-corrected chi connectivity index (χ3v) is 14.2. The van der Waals surface area contributed by atoms with Gasteiger partial charge in [-0.25, -0.2) is 39.5 Å². The molecule has 6 fully saturated rings. The van der Waals surface area contributed by atoms with Crippen molar-refractivity contribution in [1.82, 2.24) is 9.80 Å². The van der Waals surface area contributed by atoms with Crippen LogP contribution in [0.4, 0.5) is 39.5 Å². The molecule has 6 aliphatic rings. The quantitative estimate of drug-likeness (QED) is 0.231. The third kappa shape index (κ3) is 5.85. The molecule has 2 aliphatic heterocycles. The number of carbonyl (C=O) groups is 4. The van der Waals surface area contributed by atoms with Crippen molar-refractivity contribution in [3.05, 3.63) is 0 Å². The van der Waals surface area contributed by atoms with Crippen LogP contribution in [0, 0.1) is 29.6 Å². The lowest BCUT2D eigenvalue weighted by molar-refractivity contribution is -0.181. The zero-order valence-corrected chi connectivity index (χ0v) is 30.3. The first kappa shape index (κ1) is 40.7. The summed E-state index contributed by atoms with van der Waals surface area (Å²) in [6, 6.07) is -2.38. The van der Waals surface area contributed by atoms with Crippen LogP contribution < -0.4 is 0 Å². The summed E-state index contributed by atoms with van der Waals surface area (Å²) in [5.41, 5.74) is 0. The standard InChI is InChI=1S/C30H30Cl5F9N2O6/c1-3-13(36)12(35)19(42)22(14(3)37)46-29(49)5-7(30(46)50)18(41)26(21(44)16(5)39)52-24-10(33)8(31)23(9(32)11(24)34)51-25-17(40)6-4(15(38)20(25)43)27(47)45(2)28(6)48/h3-26H,1-2H3. The number of nitrogens with zero attached hydrogens (tertiary/aromatic N) is 2. The van der Waals surface area contributed by atoms with Gasteiger partial charge < -0.3 is 9.47 Å². The Morgan fingerprint density at radius 2 is 0.788 bits per heavy atom. The molecule has 8 nitrogen and oxygen atoms in total. The second-order valence-corrected chi connectivity index (χ2v) is 16.6. The number of likely N-dealkylation sites (tertiary alicyclic amines) is 2. The van der Waals surface area contributed by atoms with E-state index in [0.717, 1.165) is 14.0 Å². The van der Waals surface area contributed by atoms with Crippen molar-refractivity contribution >= 4 is 81.6 Å². The second kappa shape index (κ2) is 14.5. The number of alkyl halides is 14. The normalized spacial score (nSPS) is 55.5. The van der Waals surface area contributed by atoms with E-state index in [0.29, 0.717) is 4.90 Å². The number of hydrogen-bond acceptors (Lipinski definition) is 6. The van der Waals surface area contributed by atoms with E-state index in [-0.39, 0.29) is 4.90 Å². The van der Waals surface area contributed by atoms with Crippen LogP contribution in [0.1, 0.15) is 6.92 Å². The van der Waals surface area contributed by atoms with Crippen LogP contribution in [0.15, 0.2) is 0 Å². The number of carbonyl (C=O) groups excluding carboxylic acids is 4. The molecular weight excluding hydrogens is 833 g/mol. The molecule has 22 unspecified atom stereocenters. The van der Waals surface area contributed by atoms with Crippen molar-refractivity contribution in [3.63, 3.8) is 0 Å². The molecule has 0 radical (unpaired) electrons. The minimum absolute atomic E-state index is 0.0731. The number of fused-ring (bicyclic) bond motifs is 2. The molecule has 0 aromatic rings. The van der Waals surface area contributed by atoms with E-state index in [1.807, 2.05) is 0 Å². The van der Waals surface area contributed by atoms with Gasteiger partial charge in [-0.2, -0.15) is 0 Å². The van der Waals surface area contributed by atoms with Gasteiger partial charge in [0.2, 0.25) is 23.6 Å². The average molecular weight is 863 g/mol. The first-order chi connectivity index (χ1) is 24.2. The van der Waals surface area contributed by atoms with Crippen molar-refractivity contribution < 1.29 is 68.2 Å². The summed E-state index contributed by atoms with van der Waals surface area (Å²) in [4.78, 5) is 51.8. The number of halogens is 14. The molecule has 4 aliphatic carbocycles. The van der Waals surface area contributed by atoms with Gasteiger partial charge in [0.1, 0.15) is 61.5 Å². The first-order valence-electron chi connectivity index (χ1n) is 16.1. The maximum absolute atomic E-state index is 16.2. The Bertz CT molecular complexity index is 1440. The van der Waals surface area contributed by atoms with E-state index < -0.39 is 166 Å². The van der Waals surface area contributed by atoms with Gasteiger partial charge in [-0.15, -0.1) is 58.0 Å². The van der Waals surface area contributed by atoms with Gasteiger partial charge in [-0.05, 0) is 0 Å². The van der Waals surface area contributed by atoms with Gasteiger partial charge >= 0.3 is 0 Å². The van der Waals surface area contributed by atoms with Crippen molar-refractivity contribution in [1.29, 1.82) is 0 Å². The predicted octanol–water partition coefficient (Wildman–Crippen LogP) is 4.47. The molecule has 6 rings (SSSR count). The van der Waals surface area contributed by atoms with Gasteiger partial charge in [0.05, 0.1) is 62.8 Å². The minimum atomic E-state index is -3.03. The van der Waals surface area contributed by atoms with Gasteiger partial charge in [-0.3, -0.25) is 29.0 Å². The molecule has 2 heterocycles. The fourth-order valence-corrected chi connectivity index (χ4v) is 10.4. The summed E-state index contributed by atoms with van der Waals surface area (Å²) in [5, 5.41) is -8.86. The molecule has 4 saturated carbocycles. The number of hydrogen-bond donors (Lipinski definition) is 0. The van der Waals surface area contributed by atoms with Crippen LogP contribution in [0.5, 0.6) is 0 Å². The van der Waals surface area contributed by atoms with Crippen LogP contribution >= 0.6 is 58.0 Å². The lowest BCUT2D eigenvalue weighted by Gasteiger charge is -2.48.